The van der Waals surface area contributed by atoms with Crippen molar-refractivity contribution in [3.8, 4) is 0 Å². The van der Waals surface area contributed by atoms with E-state index in [0.29, 0.717) is 0 Å². The van der Waals surface area contributed by atoms with Crippen molar-refractivity contribution >= 4 is 17.6 Å². The quantitative estimate of drug-likeness (QED) is 0.473. The maximum Gasteiger partial charge on any atom is 0.270 e. The number of nitro benzene ring substituents is 1. The summed E-state index contributed by atoms with van der Waals surface area (Å²) < 4.78 is 0. The lowest BCUT2D eigenvalue weighted by Crippen LogP contribution is -2.19. The monoisotopic (exact) mass is 262 g/mol. The Labute approximate surface area is 112 Å². The molecule has 0 unspecified atom stereocenters. The van der Waals surface area contributed by atoms with Gasteiger partial charge in [-0.05, 0) is 18.9 Å². The molecule has 6 heteroatoms. The fourth-order valence-electron chi connectivity index (χ4n) is 2.18. The average Bonchev–Trinajstić information content (AvgIpc) is 2.89. The molecule has 0 amide bonds. The predicted octanol–water partition coefficient (Wildman–Crippen LogP) is 2.09. The van der Waals surface area contributed by atoms with Crippen LogP contribution in [-0.2, 0) is 0 Å². The van der Waals surface area contributed by atoms with Crippen molar-refractivity contribution in [3.63, 3.8) is 0 Å². The van der Waals surface area contributed by atoms with E-state index in [1.54, 1.807) is 23.4 Å². The molecule has 2 rings (SSSR count). The molecule has 1 saturated heterocycles. The van der Waals surface area contributed by atoms with E-state index in [9.17, 15) is 10.1 Å². The third-order valence-electron chi connectivity index (χ3n) is 3.10. The van der Waals surface area contributed by atoms with Crippen LogP contribution in [0.2, 0.25) is 0 Å². The first-order valence-electron chi connectivity index (χ1n) is 6.32. The van der Waals surface area contributed by atoms with Gasteiger partial charge in [-0.25, -0.2) is 0 Å². The number of hydrazone groups is 1. The summed E-state index contributed by atoms with van der Waals surface area (Å²) >= 11 is 0. The number of benzene rings is 1. The summed E-state index contributed by atoms with van der Waals surface area (Å²) in [4.78, 5) is 12.7. The maximum absolute atomic E-state index is 10.9. The van der Waals surface area contributed by atoms with E-state index >= 15 is 0 Å². The summed E-state index contributed by atoms with van der Waals surface area (Å²) in [5.74, 6) is 0. The highest BCUT2D eigenvalue weighted by atomic mass is 16.6. The van der Waals surface area contributed by atoms with Crippen molar-refractivity contribution in [3.05, 3.63) is 33.9 Å². The predicted molar refractivity (Wildman–Crippen MR) is 75.8 cm³/mol. The molecule has 0 spiro atoms. The zero-order valence-electron chi connectivity index (χ0n) is 11.2. The second-order valence-corrected chi connectivity index (χ2v) is 4.79. The molecule has 0 radical (unpaired) electrons. The highest BCUT2D eigenvalue weighted by Gasteiger charge is 2.17. The van der Waals surface area contributed by atoms with Gasteiger partial charge in [0.1, 0.15) is 0 Å². The summed E-state index contributed by atoms with van der Waals surface area (Å²) in [5, 5.41) is 16.7. The summed E-state index contributed by atoms with van der Waals surface area (Å²) in [6.45, 7) is 2.00. The first-order chi connectivity index (χ1) is 9.08. The number of non-ortho nitro benzene ring substituents is 1. The zero-order valence-corrected chi connectivity index (χ0v) is 11.2. The molecular formula is C13H18N4O2. The molecule has 1 heterocycles. The summed E-state index contributed by atoms with van der Waals surface area (Å²) in [6, 6.07) is 4.96. The van der Waals surface area contributed by atoms with Gasteiger partial charge >= 0.3 is 0 Å². The molecule has 102 valence electrons. The third-order valence-corrected chi connectivity index (χ3v) is 3.10. The van der Waals surface area contributed by atoms with Crippen molar-refractivity contribution in [2.24, 2.45) is 5.10 Å². The highest BCUT2D eigenvalue weighted by molar-refractivity contribution is 5.89. The molecule has 0 aliphatic carbocycles. The van der Waals surface area contributed by atoms with Crippen LogP contribution in [0.15, 0.2) is 23.3 Å². The van der Waals surface area contributed by atoms with Crippen molar-refractivity contribution < 1.29 is 4.92 Å². The highest BCUT2D eigenvalue weighted by Crippen LogP contribution is 2.27. The standard InChI is InChI=1S/C13H18N4O2/c1-15(2)14-10-11-9-12(17(18)19)5-6-13(11)16-7-3-4-8-16/h5-6,9-10H,3-4,7-8H2,1-2H3/b14-10+. The lowest BCUT2D eigenvalue weighted by molar-refractivity contribution is -0.384. The second-order valence-electron chi connectivity index (χ2n) is 4.79. The van der Waals surface area contributed by atoms with Crippen molar-refractivity contribution in [1.29, 1.82) is 0 Å². The molecule has 0 atom stereocenters. The molecular weight excluding hydrogens is 244 g/mol. The van der Waals surface area contributed by atoms with Gasteiger partial charge in [0.25, 0.3) is 5.69 Å². The minimum absolute atomic E-state index is 0.100. The van der Waals surface area contributed by atoms with Crippen LogP contribution in [-0.4, -0.2) is 43.3 Å². The van der Waals surface area contributed by atoms with E-state index < -0.39 is 0 Å². The van der Waals surface area contributed by atoms with Crippen LogP contribution in [0, 0.1) is 10.1 Å². The van der Waals surface area contributed by atoms with Crippen molar-refractivity contribution in [2.75, 3.05) is 32.1 Å². The Morgan fingerprint density at radius 3 is 2.63 bits per heavy atom. The molecule has 0 bridgehead atoms. The molecule has 0 N–H and O–H groups in total. The number of anilines is 1. The van der Waals surface area contributed by atoms with Crippen molar-refractivity contribution in [2.45, 2.75) is 12.8 Å². The van der Waals surface area contributed by atoms with Crippen LogP contribution in [0.25, 0.3) is 0 Å². The third kappa shape index (κ3) is 3.21. The van der Waals surface area contributed by atoms with Gasteiger partial charge in [0.05, 0.1) is 11.1 Å². The topological polar surface area (TPSA) is 62.0 Å². The lowest BCUT2D eigenvalue weighted by Gasteiger charge is -2.19. The second kappa shape index (κ2) is 5.69. The van der Waals surface area contributed by atoms with E-state index in [2.05, 4.69) is 10.0 Å². The Bertz CT molecular complexity index is 493. The summed E-state index contributed by atoms with van der Waals surface area (Å²) in [6.07, 6.45) is 4.02. The van der Waals surface area contributed by atoms with E-state index in [0.717, 1.165) is 24.3 Å². The summed E-state index contributed by atoms with van der Waals surface area (Å²) in [5.41, 5.74) is 1.92. The molecule has 6 nitrogen and oxygen atoms in total. The minimum Gasteiger partial charge on any atom is -0.371 e. The van der Waals surface area contributed by atoms with Gasteiger partial charge in [-0.15, -0.1) is 0 Å². The molecule has 1 fully saturated rings. The number of nitro groups is 1. The van der Waals surface area contributed by atoms with Crippen LogP contribution in [0.1, 0.15) is 18.4 Å². The van der Waals surface area contributed by atoms with Crippen LogP contribution in [0.3, 0.4) is 0 Å². The number of nitrogens with zero attached hydrogens (tertiary/aromatic N) is 4. The fourth-order valence-corrected chi connectivity index (χ4v) is 2.18. The molecule has 1 aliphatic heterocycles. The van der Waals surface area contributed by atoms with Gasteiger partial charge < -0.3 is 9.91 Å². The van der Waals surface area contributed by atoms with Gasteiger partial charge in [0.15, 0.2) is 0 Å². The molecule has 0 saturated carbocycles. The van der Waals surface area contributed by atoms with Crippen LogP contribution in [0.5, 0.6) is 0 Å². The Hall–Kier alpha value is -2.11. The lowest BCUT2D eigenvalue weighted by atomic mass is 10.1. The fraction of sp³-hybridized carbons (Fsp3) is 0.462. The van der Waals surface area contributed by atoms with E-state index in [-0.39, 0.29) is 10.6 Å². The first-order valence-corrected chi connectivity index (χ1v) is 6.32. The molecule has 0 aromatic heterocycles. The van der Waals surface area contributed by atoms with E-state index in [1.165, 1.54) is 12.8 Å². The number of rotatable bonds is 4. The van der Waals surface area contributed by atoms with Gasteiger partial charge in [0, 0.05) is 50.6 Å². The number of hydrogen-bond acceptors (Lipinski definition) is 5. The summed E-state index contributed by atoms with van der Waals surface area (Å²) in [7, 11) is 3.65. The van der Waals surface area contributed by atoms with Crippen LogP contribution < -0.4 is 4.90 Å². The van der Waals surface area contributed by atoms with Crippen molar-refractivity contribution in [1.82, 2.24) is 5.01 Å². The normalized spacial score (nSPS) is 15.2. The van der Waals surface area contributed by atoms with Gasteiger partial charge in [-0.3, -0.25) is 10.1 Å². The molecule has 1 aliphatic rings. The average molecular weight is 262 g/mol. The van der Waals surface area contributed by atoms with Gasteiger partial charge in [0.2, 0.25) is 0 Å². The van der Waals surface area contributed by atoms with E-state index in [1.807, 2.05) is 20.2 Å². The Balaban J connectivity index is 2.37. The first kappa shape index (κ1) is 13.3. The molecule has 1 aromatic carbocycles. The van der Waals surface area contributed by atoms with Crippen LogP contribution in [0.4, 0.5) is 11.4 Å². The smallest absolute Gasteiger partial charge is 0.270 e. The molecule has 1 aromatic rings. The molecule has 19 heavy (non-hydrogen) atoms. The maximum atomic E-state index is 10.9. The van der Waals surface area contributed by atoms with Gasteiger partial charge in [-0.2, -0.15) is 5.10 Å². The van der Waals surface area contributed by atoms with Crippen LogP contribution >= 0.6 is 0 Å². The number of hydrogen-bond donors (Lipinski definition) is 0. The Morgan fingerprint density at radius 2 is 2.05 bits per heavy atom. The Morgan fingerprint density at radius 1 is 1.37 bits per heavy atom. The van der Waals surface area contributed by atoms with E-state index in [4.69, 9.17) is 0 Å². The Kier molecular flexibility index (Phi) is 3.99. The SMILES string of the molecule is CN(C)/N=C/c1cc([N+](=O)[O-])ccc1N1CCCC1. The minimum atomic E-state index is -0.374. The van der Waals surface area contributed by atoms with Gasteiger partial charge in [-0.1, -0.05) is 0 Å². The largest absolute Gasteiger partial charge is 0.371 e. The zero-order chi connectivity index (χ0) is 13.8.